The van der Waals surface area contributed by atoms with E-state index in [1.807, 2.05) is 25.1 Å². The summed E-state index contributed by atoms with van der Waals surface area (Å²) >= 11 is 0. The van der Waals surface area contributed by atoms with E-state index in [1.54, 1.807) is 12.1 Å². The maximum Gasteiger partial charge on any atom is 0.405 e. The van der Waals surface area contributed by atoms with Gasteiger partial charge in [-0.3, -0.25) is 4.90 Å². The van der Waals surface area contributed by atoms with Gasteiger partial charge in [0.05, 0.1) is 12.3 Å². The van der Waals surface area contributed by atoms with Gasteiger partial charge in [-0.05, 0) is 36.8 Å². The Balaban J connectivity index is 1.55. The Hall–Kier alpha value is -2.80. The second-order valence-corrected chi connectivity index (χ2v) is 7.00. The van der Waals surface area contributed by atoms with E-state index in [1.165, 1.54) is 12.1 Å². The Morgan fingerprint density at radius 1 is 1.10 bits per heavy atom. The maximum atomic E-state index is 13.2. The lowest BCUT2D eigenvalue weighted by molar-refractivity contribution is 0.0910. The van der Waals surface area contributed by atoms with Gasteiger partial charge in [0.1, 0.15) is 17.7 Å². The van der Waals surface area contributed by atoms with Gasteiger partial charge in [0, 0.05) is 39.1 Å². The highest BCUT2D eigenvalue weighted by Gasteiger charge is 2.22. The Bertz CT molecular complexity index is 792. The van der Waals surface area contributed by atoms with Gasteiger partial charge in [0.15, 0.2) is 0 Å². The quantitative estimate of drug-likeness (QED) is 0.732. The highest BCUT2D eigenvalue weighted by molar-refractivity contribution is 5.65. The fourth-order valence-corrected chi connectivity index (χ4v) is 3.62. The third-order valence-corrected chi connectivity index (χ3v) is 5.09. The monoisotopic (exact) mass is 401 g/mol. The van der Waals surface area contributed by atoms with E-state index in [9.17, 15) is 9.18 Å². The van der Waals surface area contributed by atoms with Crippen molar-refractivity contribution in [3.8, 4) is 5.75 Å². The molecule has 0 aliphatic carbocycles. The molecule has 7 heteroatoms. The van der Waals surface area contributed by atoms with Gasteiger partial charge in [-0.1, -0.05) is 24.3 Å². The molecule has 1 fully saturated rings. The lowest BCUT2D eigenvalue weighted by Gasteiger charge is -2.37. The van der Waals surface area contributed by atoms with E-state index in [-0.39, 0.29) is 5.82 Å². The summed E-state index contributed by atoms with van der Waals surface area (Å²) in [4.78, 5) is 15.9. The average Bonchev–Trinajstić information content (AvgIpc) is 2.73. The van der Waals surface area contributed by atoms with Crippen LogP contribution in [0.25, 0.3) is 0 Å². The molecule has 0 aromatic heterocycles. The lowest BCUT2D eigenvalue weighted by atomic mass is 10.1. The molecule has 1 heterocycles. The summed E-state index contributed by atoms with van der Waals surface area (Å²) < 4.78 is 24.2. The first kappa shape index (κ1) is 20.9. The maximum absolute atomic E-state index is 13.2. The Kier molecular flexibility index (Phi) is 7.30. The summed E-state index contributed by atoms with van der Waals surface area (Å²) in [5, 5.41) is 0. The molecule has 2 aromatic carbocycles. The van der Waals surface area contributed by atoms with E-state index < -0.39 is 12.2 Å². The molecular weight excluding hydrogens is 373 g/mol. The molecule has 6 nitrogen and oxygen atoms in total. The van der Waals surface area contributed by atoms with E-state index in [0.29, 0.717) is 13.0 Å². The molecule has 1 atom stereocenters. The largest absolute Gasteiger partial charge is 0.492 e. The van der Waals surface area contributed by atoms with Crippen LogP contribution < -0.4 is 15.4 Å². The predicted molar refractivity (Wildman–Crippen MR) is 111 cm³/mol. The molecule has 1 unspecified atom stereocenters. The van der Waals surface area contributed by atoms with Crippen LogP contribution in [0.4, 0.5) is 14.9 Å². The SMILES string of the molecule is CCOc1ccccc1N1CCN(CCC(OC(N)=O)c2ccc(F)cc2)CC1. The van der Waals surface area contributed by atoms with Gasteiger partial charge in [-0.15, -0.1) is 0 Å². The Morgan fingerprint density at radius 2 is 1.79 bits per heavy atom. The number of hydrogen-bond acceptors (Lipinski definition) is 5. The van der Waals surface area contributed by atoms with Crippen LogP contribution in [0.1, 0.15) is 25.0 Å². The number of benzene rings is 2. The third-order valence-electron chi connectivity index (χ3n) is 5.09. The van der Waals surface area contributed by atoms with Crippen molar-refractivity contribution in [1.82, 2.24) is 4.90 Å². The van der Waals surface area contributed by atoms with Crippen molar-refractivity contribution in [2.24, 2.45) is 5.73 Å². The fraction of sp³-hybridized carbons (Fsp3) is 0.409. The minimum Gasteiger partial charge on any atom is -0.492 e. The standard InChI is InChI=1S/C22H28FN3O3/c1-2-28-21-6-4-3-5-19(21)26-15-13-25(14-16-26)12-11-20(29-22(24)27)17-7-9-18(23)10-8-17/h3-10,20H,2,11-16H2,1H3,(H2,24,27). The van der Waals surface area contributed by atoms with Crippen LogP contribution in [-0.2, 0) is 4.74 Å². The van der Waals surface area contributed by atoms with Crippen LogP contribution in [0, 0.1) is 5.82 Å². The van der Waals surface area contributed by atoms with Crippen LogP contribution in [-0.4, -0.2) is 50.3 Å². The summed E-state index contributed by atoms with van der Waals surface area (Å²) in [6.45, 7) is 6.96. The molecule has 2 N–H and O–H groups in total. The number of nitrogens with zero attached hydrogens (tertiary/aromatic N) is 2. The molecule has 0 bridgehead atoms. The third kappa shape index (κ3) is 5.84. The number of hydrogen-bond donors (Lipinski definition) is 1. The number of amides is 1. The first-order valence-electron chi connectivity index (χ1n) is 9.97. The van der Waals surface area contributed by atoms with E-state index in [2.05, 4.69) is 15.9 Å². The van der Waals surface area contributed by atoms with Gasteiger partial charge in [-0.2, -0.15) is 0 Å². The summed E-state index contributed by atoms with van der Waals surface area (Å²) in [7, 11) is 0. The van der Waals surface area contributed by atoms with Crippen molar-refractivity contribution in [2.45, 2.75) is 19.4 Å². The van der Waals surface area contributed by atoms with Crippen molar-refractivity contribution in [3.05, 3.63) is 59.9 Å². The van der Waals surface area contributed by atoms with E-state index in [0.717, 1.165) is 49.7 Å². The smallest absolute Gasteiger partial charge is 0.405 e. The highest BCUT2D eigenvalue weighted by Crippen LogP contribution is 2.29. The summed E-state index contributed by atoms with van der Waals surface area (Å²) in [6, 6.07) is 14.1. The van der Waals surface area contributed by atoms with Gasteiger partial charge in [-0.25, -0.2) is 9.18 Å². The summed E-state index contributed by atoms with van der Waals surface area (Å²) in [6.07, 6.45) is -0.703. The highest BCUT2D eigenvalue weighted by atomic mass is 19.1. The fourth-order valence-electron chi connectivity index (χ4n) is 3.62. The molecule has 0 spiro atoms. The molecule has 1 aliphatic rings. The van der Waals surface area contributed by atoms with Crippen molar-refractivity contribution in [1.29, 1.82) is 0 Å². The summed E-state index contributed by atoms with van der Waals surface area (Å²) in [5.74, 6) is 0.588. The second kappa shape index (κ2) is 10.1. The number of carbonyl (C=O) groups excluding carboxylic acids is 1. The van der Waals surface area contributed by atoms with Crippen molar-refractivity contribution >= 4 is 11.8 Å². The van der Waals surface area contributed by atoms with Crippen molar-refractivity contribution in [3.63, 3.8) is 0 Å². The Labute approximate surface area is 171 Å². The zero-order valence-corrected chi connectivity index (χ0v) is 16.7. The van der Waals surface area contributed by atoms with E-state index in [4.69, 9.17) is 15.2 Å². The van der Waals surface area contributed by atoms with Crippen molar-refractivity contribution in [2.75, 3.05) is 44.2 Å². The number of primary amides is 1. The molecule has 0 radical (unpaired) electrons. The number of para-hydroxylation sites is 2. The zero-order chi connectivity index (χ0) is 20.6. The first-order chi connectivity index (χ1) is 14.1. The second-order valence-electron chi connectivity index (χ2n) is 7.00. The summed E-state index contributed by atoms with van der Waals surface area (Å²) in [5.41, 5.74) is 7.09. The lowest BCUT2D eigenvalue weighted by Crippen LogP contribution is -2.47. The first-order valence-corrected chi connectivity index (χ1v) is 9.97. The molecular formula is C22H28FN3O3. The van der Waals surface area contributed by atoms with E-state index >= 15 is 0 Å². The van der Waals surface area contributed by atoms with Crippen LogP contribution in [0.2, 0.25) is 0 Å². The van der Waals surface area contributed by atoms with Crippen LogP contribution >= 0.6 is 0 Å². The molecule has 29 heavy (non-hydrogen) atoms. The number of carbonyl (C=O) groups is 1. The minimum atomic E-state index is -0.823. The number of piperazine rings is 1. The van der Waals surface area contributed by atoms with Gasteiger partial charge in [0.2, 0.25) is 0 Å². The number of rotatable bonds is 8. The van der Waals surface area contributed by atoms with Crippen LogP contribution in [0.5, 0.6) is 5.75 Å². The number of anilines is 1. The Morgan fingerprint density at radius 3 is 2.45 bits per heavy atom. The topological polar surface area (TPSA) is 68.0 Å². The number of halogens is 1. The molecule has 1 saturated heterocycles. The predicted octanol–water partition coefficient (Wildman–Crippen LogP) is 3.57. The molecule has 1 amide bonds. The van der Waals surface area contributed by atoms with Gasteiger partial charge in [0.25, 0.3) is 0 Å². The minimum absolute atomic E-state index is 0.324. The number of nitrogens with two attached hydrogens (primary N) is 1. The number of ether oxygens (including phenoxy) is 2. The molecule has 3 rings (SSSR count). The molecule has 156 valence electrons. The molecule has 0 saturated carbocycles. The molecule has 2 aromatic rings. The van der Waals surface area contributed by atoms with Crippen LogP contribution in [0.3, 0.4) is 0 Å². The van der Waals surface area contributed by atoms with Gasteiger partial charge >= 0.3 is 6.09 Å². The van der Waals surface area contributed by atoms with Crippen molar-refractivity contribution < 1.29 is 18.7 Å². The van der Waals surface area contributed by atoms with Crippen LogP contribution in [0.15, 0.2) is 48.5 Å². The molecule has 1 aliphatic heterocycles. The zero-order valence-electron chi connectivity index (χ0n) is 16.7. The van der Waals surface area contributed by atoms with Gasteiger partial charge < -0.3 is 20.1 Å². The normalized spacial score (nSPS) is 15.7. The average molecular weight is 401 g/mol.